The Labute approximate surface area is 195 Å². The molecule has 0 atom stereocenters. The normalized spacial score (nSPS) is 11.0. The van der Waals surface area contributed by atoms with Gasteiger partial charge in [-0.05, 0) is 56.2 Å². The van der Waals surface area contributed by atoms with Crippen LogP contribution in [0.5, 0.6) is 11.5 Å². The smallest absolute Gasteiger partial charge is 0.261 e. The molecule has 172 valence electrons. The molecule has 0 fully saturated rings. The number of hydrogen-bond acceptors (Lipinski definition) is 5. The van der Waals surface area contributed by atoms with Crippen molar-refractivity contribution in [1.29, 1.82) is 0 Å². The van der Waals surface area contributed by atoms with Gasteiger partial charge in [-0.1, -0.05) is 18.2 Å². The van der Waals surface area contributed by atoms with Gasteiger partial charge < -0.3 is 14.8 Å². The number of nitrogens with zero attached hydrogens (tertiary/aromatic N) is 2. The van der Waals surface area contributed by atoms with Gasteiger partial charge in [0.1, 0.15) is 16.3 Å². The molecule has 0 saturated heterocycles. The Balaban J connectivity index is 1.46. The summed E-state index contributed by atoms with van der Waals surface area (Å²) in [6, 6.07) is 14.1. The van der Waals surface area contributed by atoms with Crippen LogP contribution in [0.2, 0.25) is 0 Å². The number of nitrogens with one attached hydrogen (secondary N) is 1. The monoisotopic (exact) mass is 467 g/mol. The van der Waals surface area contributed by atoms with E-state index >= 15 is 0 Å². The minimum absolute atomic E-state index is 0.161. The Kier molecular flexibility index (Phi) is 6.93. The van der Waals surface area contributed by atoms with Crippen molar-refractivity contribution in [2.24, 2.45) is 7.05 Å². The van der Waals surface area contributed by atoms with E-state index in [2.05, 4.69) is 10.4 Å². The molecular weight excluding hydrogens is 441 g/mol. The lowest BCUT2D eigenvalue weighted by Gasteiger charge is -2.12. The lowest BCUT2D eigenvalue weighted by atomic mass is 10.1. The Hall–Kier alpha value is -3.39. The Morgan fingerprint density at radius 3 is 2.61 bits per heavy atom. The molecule has 4 aromatic rings. The molecule has 1 N–H and O–H groups in total. The third-order valence-corrected chi connectivity index (χ3v) is 6.37. The predicted molar refractivity (Wildman–Crippen MR) is 129 cm³/mol. The summed E-state index contributed by atoms with van der Waals surface area (Å²) in [7, 11) is 1.80. The number of thiophene rings is 1. The zero-order valence-corrected chi connectivity index (χ0v) is 19.7. The Bertz CT molecular complexity index is 1280. The van der Waals surface area contributed by atoms with E-state index in [1.54, 1.807) is 36.0 Å². The Morgan fingerprint density at radius 2 is 1.85 bits per heavy atom. The molecule has 0 radical (unpaired) electrons. The molecule has 4 rings (SSSR count). The van der Waals surface area contributed by atoms with Crippen LogP contribution < -0.4 is 14.8 Å². The highest BCUT2D eigenvalue weighted by Crippen LogP contribution is 2.34. The molecule has 2 aromatic heterocycles. The van der Waals surface area contributed by atoms with Crippen LogP contribution in [0, 0.1) is 5.82 Å². The zero-order chi connectivity index (χ0) is 23.4. The fraction of sp³-hybridized carbons (Fsp3) is 0.280. The zero-order valence-electron chi connectivity index (χ0n) is 18.9. The first-order valence-corrected chi connectivity index (χ1v) is 11.7. The van der Waals surface area contributed by atoms with E-state index < -0.39 is 0 Å². The van der Waals surface area contributed by atoms with E-state index in [0.29, 0.717) is 48.1 Å². The molecule has 0 aliphatic carbocycles. The van der Waals surface area contributed by atoms with Crippen LogP contribution in [0.3, 0.4) is 0 Å². The highest BCUT2D eigenvalue weighted by atomic mass is 32.1. The van der Waals surface area contributed by atoms with Gasteiger partial charge in [0.05, 0.1) is 18.1 Å². The van der Waals surface area contributed by atoms with Crippen LogP contribution in [0.15, 0.2) is 48.5 Å². The van der Waals surface area contributed by atoms with Crippen molar-refractivity contribution in [2.45, 2.75) is 20.3 Å². The number of rotatable bonds is 9. The van der Waals surface area contributed by atoms with Gasteiger partial charge in [-0.3, -0.25) is 9.48 Å². The number of carbonyl (C=O) groups is 1. The third kappa shape index (κ3) is 4.85. The van der Waals surface area contributed by atoms with Gasteiger partial charge in [0, 0.05) is 24.5 Å². The van der Waals surface area contributed by atoms with Crippen LogP contribution in [-0.4, -0.2) is 35.4 Å². The fourth-order valence-corrected chi connectivity index (χ4v) is 4.65. The number of fused-ring (bicyclic) bond motifs is 1. The summed E-state index contributed by atoms with van der Waals surface area (Å²) < 4.78 is 27.3. The number of aromatic nitrogens is 2. The van der Waals surface area contributed by atoms with Crippen LogP contribution in [0.4, 0.5) is 4.39 Å². The minimum atomic E-state index is -0.337. The first-order valence-electron chi connectivity index (χ1n) is 10.9. The number of ether oxygens (including phenoxy) is 2. The van der Waals surface area contributed by atoms with E-state index in [-0.39, 0.29) is 11.7 Å². The molecule has 2 aromatic carbocycles. The average molecular weight is 468 g/mol. The van der Waals surface area contributed by atoms with Gasteiger partial charge >= 0.3 is 0 Å². The lowest BCUT2D eigenvalue weighted by Crippen LogP contribution is -2.24. The van der Waals surface area contributed by atoms with Crippen molar-refractivity contribution in [1.82, 2.24) is 15.1 Å². The summed E-state index contributed by atoms with van der Waals surface area (Å²) in [6.07, 6.45) is 0.658. The second-order valence-electron chi connectivity index (χ2n) is 7.43. The van der Waals surface area contributed by atoms with Crippen molar-refractivity contribution in [2.75, 3.05) is 19.8 Å². The third-order valence-electron chi connectivity index (χ3n) is 5.17. The summed E-state index contributed by atoms with van der Waals surface area (Å²) in [5, 5.41) is 8.20. The summed E-state index contributed by atoms with van der Waals surface area (Å²) in [4.78, 5) is 14.2. The predicted octanol–water partition coefficient (Wildman–Crippen LogP) is 5.21. The summed E-state index contributed by atoms with van der Waals surface area (Å²) in [6.45, 7) is 5.46. The highest BCUT2D eigenvalue weighted by Gasteiger charge is 2.19. The van der Waals surface area contributed by atoms with Gasteiger partial charge in [0.15, 0.2) is 11.5 Å². The average Bonchev–Trinajstić information content (AvgIpc) is 3.37. The largest absolute Gasteiger partial charge is 0.490 e. The molecule has 6 nitrogen and oxygen atoms in total. The van der Waals surface area contributed by atoms with Crippen LogP contribution in [-0.2, 0) is 13.5 Å². The number of halogens is 1. The molecule has 2 heterocycles. The van der Waals surface area contributed by atoms with Crippen molar-refractivity contribution in [3.05, 3.63) is 64.8 Å². The molecule has 8 heteroatoms. The second kappa shape index (κ2) is 10.0. The molecule has 0 aliphatic rings. The van der Waals surface area contributed by atoms with E-state index in [0.717, 1.165) is 21.5 Å². The number of hydrogen-bond donors (Lipinski definition) is 1. The second-order valence-corrected chi connectivity index (χ2v) is 8.47. The van der Waals surface area contributed by atoms with Gasteiger partial charge in [0.25, 0.3) is 5.91 Å². The summed E-state index contributed by atoms with van der Waals surface area (Å²) in [5.41, 5.74) is 2.01. The molecule has 0 spiro atoms. The van der Waals surface area contributed by atoms with E-state index in [1.807, 2.05) is 32.0 Å². The maximum absolute atomic E-state index is 14.3. The first-order chi connectivity index (χ1) is 16.0. The van der Waals surface area contributed by atoms with Gasteiger partial charge in [-0.2, -0.15) is 5.10 Å². The first kappa shape index (κ1) is 22.8. The molecule has 0 bridgehead atoms. The number of benzene rings is 2. The topological polar surface area (TPSA) is 65.4 Å². The van der Waals surface area contributed by atoms with Crippen LogP contribution in [0.25, 0.3) is 21.5 Å². The molecule has 33 heavy (non-hydrogen) atoms. The van der Waals surface area contributed by atoms with Crippen molar-refractivity contribution < 1.29 is 18.7 Å². The summed E-state index contributed by atoms with van der Waals surface area (Å²) >= 11 is 1.35. The lowest BCUT2D eigenvalue weighted by molar-refractivity contribution is 0.0958. The van der Waals surface area contributed by atoms with E-state index in [4.69, 9.17) is 9.47 Å². The van der Waals surface area contributed by atoms with Gasteiger partial charge in [-0.25, -0.2) is 4.39 Å². The van der Waals surface area contributed by atoms with Crippen LogP contribution in [0.1, 0.15) is 29.1 Å². The van der Waals surface area contributed by atoms with Gasteiger partial charge in [-0.15, -0.1) is 11.3 Å². The highest BCUT2D eigenvalue weighted by molar-refractivity contribution is 7.20. The maximum atomic E-state index is 14.3. The minimum Gasteiger partial charge on any atom is -0.490 e. The summed E-state index contributed by atoms with van der Waals surface area (Å²) in [5.74, 6) is 0.931. The maximum Gasteiger partial charge on any atom is 0.261 e. The quantitative estimate of drug-likeness (QED) is 0.367. The SMILES string of the molecule is CCOc1ccc(CCNC(=O)c2cc3c(-c4ccccc4F)nn(C)c3s2)cc1OCC. The van der Waals surface area contributed by atoms with Crippen molar-refractivity contribution >= 4 is 27.5 Å². The Morgan fingerprint density at radius 1 is 1.09 bits per heavy atom. The fourth-order valence-electron chi connectivity index (χ4n) is 3.66. The number of amides is 1. The number of carbonyl (C=O) groups excluding carboxylic acids is 1. The standard InChI is InChI=1S/C25H26FN3O3S/c1-4-31-20-11-10-16(14-21(20)32-5-2)12-13-27-24(30)22-15-18-23(28-29(3)25(18)33-22)17-8-6-7-9-19(17)26/h6-11,14-15H,4-5,12-13H2,1-3H3,(H,27,30). The molecule has 0 saturated carbocycles. The van der Waals surface area contributed by atoms with E-state index in [9.17, 15) is 9.18 Å². The molecular formula is C25H26FN3O3S. The molecule has 1 amide bonds. The van der Waals surface area contributed by atoms with Crippen molar-refractivity contribution in [3.8, 4) is 22.8 Å². The van der Waals surface area contributed by atoms with E-state index in [1.165, 1.54) is 17.4 Å². The van der Waals surface area contributed by atoms with Crippen molar-refractivity contribution in [3.63, 3.8) is 0 Å². The molecule has 0 unspecified atom stereocenters. The number of aryl methyl sites for hydroxylation is 1. The molecule has 0 aliphatic heterocycles. The van der Waals surface area contributed by atoms with Gasteiger partial charge in [0.2, 0.25) is 0 Å². The van der Waals surface area contributed by atoms with Crippen LogP contribution >= 0.6 is 11.3 Å².